The fourth-order valence-electron chi connectivity index (χ4n) is 0. The summed E-state index contributed by atoms with van der Waals surface area (Å²) in [7, 11) is 0. The Balaban J connectivity index is -0.0000000800. The summed E-state index contributed by atoms with van der Waals surface area (Å²) >= 11 is 0. The second kappa shape index (κ2) is 9.23. The molecule has 0 bridgehead atoms. The van der Waals surface area contributed by atoms with Crippen LogP contribution in [-0.4, -0.2) is 5.91 Å². The summed E-state index contributed by atoms with van der Waals surface area (Å²) in [6.45, 7) is 2.96. The number of carbonyl (C=O) groups is 1. The zero-order valence-electron chi connectivity index (χ0n) is 3.53. The Morgan fingerprint density at radius 2 is 1.86 bits per heavy atom. The Labute approximate surface area is 54.4 Å². The van der Waals surface area contributed by atoms with Gasteiger partial charge in [-0.15, -0.1) is 5.73 Å². The molecule has 36 valence electrons. The van der Waals surface area contributed by atoms with Crippen molar-refractivity contribution in [2.24, 2.45) is 0 Å². The fourth-order valence-corrected chi connectivity index (χ4v) is 0. The number of hydrogen-bond acceptors (Lipinski definition) is 1. The van der Waals surface area contributed by atoms with Gasteiger partial charge in [0.2, 0.25) is 0 Å². The molecule has 0 aromatic rings. The molecule has 7 heavy (non-hydrogen) atoms. The third kappa shape index (κ3) is 26.4. The Bertz CT molecular complexity index is 64.0. The van der Waals surface area contributed by atoms with Crippen molar-refractivity contribution in [3.8, 4) is 0 Å². The van der Waals surface area contributed by atoms with E-state index in [0.29, 0.717) is 0 Å². The standard InChI is InChI=1S/C3H3NO.N.V/c1-2-3(4)5;;/h2H,1H2;;. The summed E-state index contributed by atoms with van der Waals surface area (Å²) in [6.07, 6.45) is 0.833. The molecule has 0 atom stereocenters. The summed E-state index contributed by atoms with van der Waals surface area (Å²) in [5.74, 6) is -0.981. The summed E-state index contributed by atoms with van der Waals surface area (Å²) < 4.78 is 0. The minimum absolute atomic E-state index is 0. The van der Waals surface area contributed by atoms with Gasteiger partial charge in [-0.25, -0.2) is 0 Å². The van der Waals surface area contributed by atoms with Crippen molar-refractivity contribution in [1.29, 1.82) is 0 Å². The molecular formula is C3H3N2OV. The van der Waals surface area contributed by atoms with Gasteiger partial charge in [0.25, 0.3) is 5.91 Å². The number of amides is 1. The minimum atomic E-state index is -0.981. The first-order valence-corrected chi connectivity index (χ1v) is 1.12. The van der Waals surface area contributed by atoms with Crippen molar-refractivity contribution in [1.82, 2.24) is 11.9 Å². The van der Waals surface area contributed by atoms with Gasteiger partial charge in [0, 0.05) is 24.7 Å². The molecule has 0 saturated heterocycles. The molecule has 0 aliphatic rings. The van der Waals surface area contributed by atoms with E-state index in [0.717, 1.165) is 6.08 Å². The minimum Gasteiger partial charge on any atom is -0.266 e. The molecular weight excluding hydrogens is 131 g/mol. The topological polar surface area (TPSA) is 69.9 Å². The Morgan fingerprint density at radius 3 is 1.86 bits per heavy atom. The van der Waals surface area contributed by atoms with Crippen molar-refractivity contribution in [2.45, 2.75) is 0 Å². The van der Waals surface area contributed by atoms with Crippen molar-refractivity contribution >= 4 is 5.91 Å². The molecule has 0 saturated carbocycles. The smallest absolute Gasteiger partial charge is 0.266 e. The van der Waals surface area contributed by atoms with Gasteiger partial charge in [-0.2, -0.15) is 0 Å². The second-order valence-corrected chi connectivity index (χ2v) is 0.542. The van der Waals surface area contributed by atoms with E-state index in [1.807, 2.05) is 0 Å². The van der Waals surface area contributed by atoms with E-state index in [9.17, 15) is 4.79 Å². The summed E-state index contributed by atoms with van der Waals surface area (Å²) in [6, 6.07) is 0. The predicted octanol–water partition coefficient (Wildman–Crippen LogP) is -0.715. The normalized spacial score (nSPS) is 4.57. The zero-order chi connectivity index (χ0) is 4.28. The van der Waals surface area contributed by atoms with Gasteiger partial charge < -0.3 is 0 Å². The van der Waals surface area contributed by atoms with Gasteiger partial charge in [-0.05, 0) is 6.08 Å². The van der Waals surface area contributed by atoms with Crippen LogP contribution in [0.5, 0.6) is 0 Å². The number of nitrogens with zero attached hydrogens (tertiary/aromatic N) is 2. The van der Waals surface area contributed by atoms with Gasteiger partial charge in [0.15, 0.2) is 0 Å². The van der Waals surface area contributed by atoms with Crippen LogP contribution in [0.15, 0.2) is 12.7 Å². The van der Waals surface area contributed by atoms with Crippen molar-refractivity contribution in [3.05, 3.63) is 12.7 Å². The maximum Gasteiger partial charge on any atom is 0.287 e. The molecule has 0 rings (SSSR count). The molecule has 0 aromatic carbocycles. The summed E-state index contributed by atoms with van der Waals surface area (Å²) in [4.78, 5) is 9.25. The molecule has 6 radical (unpaired) electrons. The molecule has 0 aromatic heterocycles. The average molecular weight is 134 g/mol. The molecule has 0 heterocycles. The fraction of sp³-hybridized carbons (Fsp3) is 0. The van der Waals surface area contributed by atoms with Crippen LogP contribution in [0.25, 0.3) is 0 Å². The van der Waals surface area contributed by atoms with E-state index in [1.165, 1.54) is 0 Å². The Hall–Kier alpha value is -0.246. The number of carbonyl (C=O) groups excluding carboxylic acids is 1. The number of hydrogen-bond donors (Lipinski definition) is 0. The third-order valence-electron chi connectivity index (χ3n) is 0.175. The zero-order valence-corrected chi connectivity index (χ0v) is 4.93. The maximum absolute atomic E-state index is 9.25. The van der Waals surface area contributed by atoms with Crippen molar-refractivity contribution in [3.63, 3.8) is 0 Å². The van der Waals surface area contributed by atoms with Crippen LogP contribution < -0.4 is 11.9 Å². The third-order valence-corrected chi connectivity index (χ3v) is 0.175. The quantitative estimate of drug-likeness (QED) is 0.436. The van der Waals surface area contributed by atoms with Crippen LogP contribution in [0.4, 0.5) is 0 Å². The van der Waals surface area contributed by atoms with Gasteiger partial charge in [0.05, 0.1) is 0 Å². The van der Waals surface area contributed by atoms with Crippen LogP contribution in [-0.2, 0) is 23.4 Å². The Kier molecular flexibility index (Phi) is 20.9. The molecule has 3 nitrogen and oxygen atoms in total. The molecule has 0 aliphatic heterocycles. The van der Waals surface area contributed by atoms with E-state index in [-0.39, 0.29) is 24.7 Å². The first-order chi connectivity index (χ1) is 2.27. The summed E-state index contributed by atoms with van der Waals surface area (Å²) in [5.41, 5.74) is 7.60. The first kappa shape index (κ1) is 15.9. The largest absolute Gasteiger partial charge is 0.287 e. The number of rotatable bonds is 1. The predicted molar refractivity (Wildman–Crippen MR) is 19.5 cm³/mol. The molecule has 0 unspecified atom stereocenters. The van der Waals surface area contributed by atoms with E-state index in [4.69, 9.17) is 5.73 Å². The molecule has 0 fully saturated rings. The van der Waals surface area contributed by atoms with Gasteiger partial charge in [-0.1, -0.05) is 6.58 Å². The molecule has 0 N–H and O–H groups in total. The van der Waals surface area contributed by atoms with Gasteiger partial charge in [0.1, 0.15) is 0 Å². The van der Waals surface area contributed by atoms with Crippen LogP contribution in [0.1, 0.15) is 0 Å². The molecule has 0 spiro atoms. The van der Waals surface area contributed by atoms with Crippen LogP contribution >= 0.6 is 0 Å². The van der Waals surface area contributed by atoms with Crippen LogP contribution in [0.2, 0.25) is 0 Å². The van der Waals surface area contributed by atoms with E-state index >= 15 is 0 Å². The van der Waals surface area contributed by atoms with Crippen molar-refractivity contribution < 1.29 is 23.4 Å². The molecule has 4 heteroatoms. The van der Waals surface area contributed by atoms with Crippen LogP contribution in [0, 0.1) is 0 Å². The molecule has 1 amide bonds. The second-order valence-electron chi connectivity index (χ2n) is 0.542. The monoisotopic (exact) mass is 134 g/mol. The van der Waals surface area contributed by atoms with Gasteiger partial charge in [-0.3, -0.25) is 4.79 Å². The van der Waals surface area contributed by atoms with Crippen molar-refractivity contribution in [2.75, 3.05) is 0 Å². The summed E-state index contributed by atoms with van der Waals surface area (Å²) in [5, 5.41) is 0. The van der Waals surface area contributed by atoms with Crippen LogP contribution in [0.3, 0.4) is 0 Å². The maximum atomic E-state index is 9.25. The average Bonchev–Trinajstić information content (AvgIpc) is 1.38. The van der Waals surface area contributed by atoms with E-state index in [1.54, 1.807) is 0 Å². The van der Waals surface area contributed by atoms with Gasteiger partial charge >= 0.3 is 0 Å². The van der Waals surface area contributed by atoms with E-state index in [2.05, 4.69) is 6.58 Å². The Morgan fingerprint density at radius 1 is 1.71 bits per heavy atom. The SMILES string of the molecule is C=CC([N])=O.[N].[V]. The molecule has 0 aliphatic carbocycles. The van der Waals surface area contributed by atoms with E-state index < -0.39 is 5.91 Å². The first-order valence-electron chi connectivity index (χ1n) is 1.12.